The second kappa shape index (κ2) is 6.44. The molecule has 2 aromatic heterocycles. The molecule has 0 aliphatic carbocycles. The number of nitro groups is 1. The highest BCUT2D eigenvalue weighted by molar-refractivity contribution is 7.22. The van der Waals surface area contributed by atoms with Crippen molar-refractivity contribution in [2.45, 2.75) is 20.3 Å². The van der Waals surface area contributed by atoms with Crippen LogP contribution < -0.4 is 5.32 Å². The Morgan fingerprint density at radius 1 is 1.30 bits per heavy atom. The molecule has 0 saturated heterocycles. The normalized spacial score (nSPS) is 11.2. The van der Waals surface area contributed by atoms with Crippen LogP contribution in [0.1, 0.15) is 16.8 Å². The van der Waals surface area contributed by atoms with Crippen molar-refractivity contribution >= 4 is 49.2 Å². The standard InChI is InChI=1S/C18H14N4O4S/c1-9-5-10(2)17-12(6-9)14(21-26-17)8-16(23)20-18-19-13-4-3-11(22(24)25)7-15(13)27-18/h3-7H,8H2,1-2H3,(H,19,20,23). The van der Waals surface area contributed by atoms with Crippen LogP contribution in [-0.2, 0) is 11.2 Å². The van der Waals surface area contributed by atoms with Gasteiger partial charge in [-0.3, -0.25) is 14.9 Å². The molecule has 136 valence electrons. The summed E-state index contributed by atoms with van der Waals surface area (Å²) in [5.41, 5.74) is 3.86. The summed E-state index contributed by atoms with van der Waals surface area (Å²) in [5.74, 6) is -0.280. The molecule has 0 bridgehead atoms. The molecular formula is C18H14N4O4S. The number of rotatable bonds is 4. The lowest BCUT2D eigenvalue weighted by Crippen LogP contribution is -2.14. The number of benzene rings is 2. The van der Waals surface area contributed by atoms with Gasteiger partial charge in [0, 0.05) is 17.5 Å². The Morgan fingerprint density at radius 2 is 2.11 bits per heavy atom. The average Bonchev–Trinajstić information content (AvgIpc) is 3.17. The van der Waals surface area contributed by atoms with Gasteiger partial charge in [0.05, 0.1) is 21.6 Å². The Balaban J connectivity index is 1.56. The minimum absolute atomic E-state index is 0.0103. The third-order valence-corrected chi connectivity index (χ3v) is 5.07. The van der Waals surface area contributed by atoms with Gasteiger partial charge in [-0.1, -0.05) is 22.6 Å². The first-order valence-corrected chi connectivity index (χ1v) is 8.92. The van der Waals surface area contributed by atoms with Crippen molar-refractivity contribution < 1.29 is 14.2 Å². The number of carbonyl (C=O) groups excluding carboxylic acids is 1. The highest BCUT2D eigenvalue weighted by Gasteiger charge is 2.16. The number of nitrogens with zero attached hydrogens (tertiary/aromatic N) is 3. The summed E-state index contributed by atoms with van der Waals surface area (Å²) in [4.78, 5) is 27.1. The van der Waals surface area contributed by atoms with Crippen molar-refractivity contribution in [3.63, 3.8) is 0 Å². The zero-order chi connectivity index (χ0) is 19.1. The second-order valence-corrected chi connectivity index (χ2v) is 7.27. The van der Waals surface area contributed by atoms with Crippen LogP contribution in [0.2, 0.25) is 0 Å². The quantitative estimate of drug-likeness (QED) is 0.419. The number of nitro benzene ring substituents is 1. The lowest BCUT2D eigenvalue weighted by atomic mass is 10.1. The first-order valence-electron chi connectivity index (χ1n) is 8.11. The number of anilines is 1. The molecule has 0 radical (unpaired) electrons. The number of fused-ring (bicyclic) bond motifs is 2. The molecule has 0 spiro atoms. The van der Waals surface area contributed by atoms with Crippen LogP contribution in [0.5, 0.6) is 0 Å². The number of nitrogens with one attached hydrogen (secondary N) is 1. The Morgan fingerprint density at radius 3 is 2.89 bits per heavy atom. The van der Waals surface area contributed by atoms with Gasteiger partial charge in [-0.15, -0.1) is 0 Å². The summed E-state index contributed by atoms with van der Waals surface area (Å²) in [6, 6.07) is 8.34. The first-order chi connectivity index (χ1) is 12.9. The third kappa shape index (κ3) is 3.24. The topological polar surface area (TPSA) is 111 Å². The van der Waals surface area contributed by atoms with E-state index in [1.807, 2.05) is 26.0 Å². The number of hydrogen-bond acceptors (Lipinski definition) is 7. The van der Waals surface area contributed by atoms with Gasteiger partial charge in [0.25, 0.3) is 5.69 Å². The van der Waals surface area contributed by atoms with Crippen molar-refractivity contribution in [1.29, 1.82) is 0 Å². The highest BCUT2D eigenvalue weighted by atomic mass is 32.1. The van der Waals surface area contributed by atoms with E-state index >= 15 is 0 Å². The first kappa shape index (κ1) is 17.1. The van der Waals surface area contributed by atoms with Gasteiger partial charge in [0.15, 0.2) is 10.7 Å². The third-order valence-electron chi connectivity index (χ3n) is 4.13. The van der Waals surface area contributed by atoms with Crippen LogP contribution in [0.3, 0.4) is 0 Å². The van der Waals surface area contributed by atoms with E-state index in [1.54, 1.807) is 6.07 Å². The largest absolute Gasteiger partial charge is 0.356 e. The van der Waals surface area contributed by atoms with E-state index in [-0.39, 0.29) is 18.0 Å². The molecular weight excluding hydrogens is 368 g/mol. The average molecular weight is 382 g/mol. The van der Waals surface area contributed by atoms with Crippen molar-refractivity contribution in [2.75, 3.05) is 5.32 Å². The smallest absolute Gasteiger partial charge is 0.270 e. The fourth-order valence-electron chi connectivity index (χ4n) is 2.96. The monoisotopic (exact) mass is 382 g/mol. The number of aromatic nitrogens is 2. The van der Waals surface area contributed by atoms with Crippen molar-refractivity contribution in [3.05, 3.63) is 57.3 Å². The molecule has 4 aromatic rings. The summed E-state index contributed by atoms with van der Waals surface area (Å²) >= 11 is 1.19. The minimum Gasteiger partial charge on any atom is -0.356 e. The van der Waals surface area contributed by atoms with Gasteiger partial charge in [0.1, 0.15) is 5.69 Å². The molecule has 0 atom stereocenters. The molecule has 2 heterocycles. The SMILES string of the molecule is Cc1cc(C)c2onc(CC(=O)Nc3nc4ccc([N+](=O)[O-])cc4s3)c2c1. The molecule has 0 saturated carbocycles. The Bertz CT molecular complexity index is 1210. The number of non-ortho nitro benzene ring substituents is 1. The lowest BCUT2D eigenvalue weighted by Gasteiger charge is -2.00. The van der Waals surface area contributed by atoms with Crippen molar-refractivity contribution in [1.82, 2.24) is 10.1 Å². The van der Waals surface area contributed by atoms with E-state index < -0.39 is 4.92 Å². The summed E-state index contributed by atoms with van der Waals surface area (Å²) < 4.78 is 6.00. The molecule has 4 rings (SSSR count). The zero-order valence-corrected chi connectivity index (χ0v) is 15.3. The van der Waals surface area contributed by atoms with E-state index in [4.69, 9.17) is 4.52 Å². The van der Waals surface area contributed by atoms with E-state index in [9.17, 15) is 14.9 Å². The van der Waals surface area contributed by atoms with E-state index in [2.05, 4.69) is 15.5 Å². The fraction of sp³-hybridized carbons (Fsp3) is 0.167. The summed E-state index contributed by atoms with van der Waals surface area (Å²) in [5, 5.41) is 18.8. The molecule has 1 N–H and O–H groups in total. The van der Waals surface area contributed by atoms with Crippen LogP contribution >= 0.6 is 11.3 Å². The minimum atomic E-state index is -0.461. The van der Waals surface area contributed by atoms with E-state index in [1.165, 1.54) is 23.5 Å². The van der Waals surface area contributed by atoms with Crippen LogP contribution in [0.15, 0.2) is 34.9 Å². The van der Waals surface area contributed by atoms with Gasteiger partial charge in [-0.05, 0) is 37.1 Å². The van der Waals surface area contributed by atoms with E-state index in [0.717, 1.165) is 16.5 Å². The van der Waals surface area contributed by atoms with Gasteiger partial charge < -0.3 is 9.84 Å². The number of thiazole rings is 1. The lowest BCUT2D eigenvalue weighted by molar-refractivity contribution is -0.384. The maximum atomic E-state index is 12.4. The molecule has 2 aromatic carbocycles. The summed E-state index contributed by atoms with van der Waals surface area (Å²) in [6.07, 6.45) is 0.0476. The van der Waals surface area contributed by atoms with Crippen molar-refractivity contribution in [2.24, 2.45) is 0 Å². The van der Waals surface area contributed by atoms with Crippen molar-refractivity contribution in [3.8, 4) is 0 Å². The molecule has 9 heteroatoms. The van der Waals surface area contributed by atoms with Gasteiger partial charge in [-0.2, -0.15) is 0 Å². The molecule has 0 aliphatic rings. The summed E-state index contributed by atoms with van der Waals surface area (Å²) in [6.45, 7) is 3.91. The number of hydrogen-bond donors (Lipinski definition) is 1. The van der Waals surface area contributed by atoms with Crippen LogP contribution in [-0.4, -0.2) is 21.0 Å². The van der Waals surface area contributed by atoms with Gasteiger partial charge >= 0.3 is 0 Å². The Kier molecular flexibility index (Phi) is 4.08. The Labute approximate surface area is 157 Å². The molecule has 0 aliphatic heterocycles. The van der Waals surface area contributed by atoms with Crippen LogP contribution in [0, 0.1) is 24.0 Å². The Hall–Kier alpha value is -3.33. The highest BCUT2D eigenvalue weighted by Crippen LogP contribution is 2.29. The van der Waals surface area contributed by atoms with Crippen LogP contribution in [0.4, 0.5) is 10.8 Å². The maximum Gasteiger partial charge on any atom is 0.270 e. The predicted octanol–water partition coefficient (Wildman–Crippen LogP) is 4.14. The predicted molar refractivity (Wildman–Crippen MR) is 102 cm³/mol. The number of carbonyl (C=O) groups is 1. The molecule has 0 unspecified atom stereocenters. The number of aryl methyl sites for hydroxylation is 2. The summed E-state index contributed by atoms with van der Waals surface area (Å²) in [7, 11) is 0. The fourth-order valence-corrected chi connectivity index (χ4v) is 3.88. The molecule has 8 nitrogen and oxygen atoms in total. The molecule has 27 heavy (non-hydrogen) atoms. The molecule has 1 amide bonds. The maximum absolute atomic E-state index is 12.4. The second-order valence-electron chi connectivity index (χ2n) is 6.24. The number of amides is 1. The van der Waals surface area contributed by atoms with E-state index in [0.29, 0.717) is 26.6 Å². The van der Waals surface area contributed by atoms with Gasteiger partial charge in [-0.25, -0.2) is 4.98 Å². The van der Waals surface area contributed by atoms with Gasteiger partial charge in [0.2, 0.25) is 5.91 Å². The zero-order valence-electron chi connectivity index (χ0n) is 14.5. The molecule has 0 fully saturated rings. The van der Waals surface area contributed by atoms with Crippen LogP contribution in [0.25, 0.3) is 21.2 Å².